The summed E-state index contributed by atoms with van der Waals surface area (Å²) >= 11 is 0. The number of amides is 1. The molecule has 1 aliphatic rings. The van der Waals surface area contributed by atoms with Gasteiger partial charge in [-0.3, -0.25) is 9.69 Å². The van der Waals surface area contributed by atoms with Crippen molar-refractivity contribution in [3.63, 3.8) is 0 Å². The van der Waals surface area contributed by atoms with E-state index in [1.54, 1.807) is 0 Å². The van der Waals surface area contributed by atoms with Gasteiger partial charge in [0.25, 0.3) is 5.91 Å². The second-order valence-corrected chi connectivity index (χ2v) is 6.97. The van der Waals surface area contributed by atoms with Crippen LogP contribution in [-0.4, -0.2) is 65.5 Å². The first kappa shape index (κ1) is 19.9. The van der Waals surface area contributed by atoms with E-state index in [0.717, 1.165) is 32.7 Å². The SMILES string of the molecule is CNS(=O)(=O)c1ccc(C(=O)NCCN2CCNCC2)cc1.Cl. The lowest BCUT2D eigenvalue weighted by atomic mass is 10.2. The summed E-state index contributed by atoms with van der Waals surface area (Å²) in [4.78, 5) is 14.4. The number of nitrogens with one attached hydrogen (secondary N) is 3. The van der Waals surface area contributed by atoms with Crippen LogP contribution < -0.4 is 15.4 Å². The Labute approximate surface area is 143 Å². The van der Waals surface area contributed by atoms with E-state index in [-0.39, 0.29) is 23.2 Å². The molecule has 3 N–H and O–H groups in total. The molecule has 7 nitrogen and oxygen atoms in total. The molecule has 0 bridgehead atoms. The van der Waals surface area contributed by atoms with Crippen molar-refractivity contribution in [2.45, 2.75) is 4.90 Å². The molecule has 0 atom stereocenters. The molecular weight excluding hydrogens is 340 g/mol. The first-order chi connectivity index (χ1) is 10.5. The van der Waals surface area contributed by atoms with Crippen LogP contribution in [0, 0.1) is 0 Å². The number of benzene rings is 1. The molecule has 0 unspecified atom stereocenters. The Morgan fingerprint density at radius 3 is 2.39 bits per heavy atom. The largest absolute Gasteiger partial charge is 0.351 e. The lowest BCUT2D eigenvalue weighted by Gasteiger charge is -2.27. The van der Waals surface area contributed by atoms with Crippen LogP contribution in [0.15, 0.2) is 29.2 Å². The number of hydrogen-bond donors (Lipinski definition) is 3. The number of rotatable bonds is 6. The molecule has 23 heavy (non-hydrogen) atoms. The molecule has 0 aliphatic carbocycles. The molecule has 0 radical (unpaired) electrons. The molecule has 1 aliphatic heterocycles. The van der Waals surface area contributed by atoms with Crippen molar-refractivity contribution in [3.05, 3.63) is 29.8 Å². The average molecular weight is 363 g/mol. The first-order valence-corrected chi connectivity index (χ1v) is 8.76. The molecule has 1 aromatic carbocycles. The van der Waals surface area contributed by atoms with Gasteiger partial charge in [0, 0.05) is 44.8 Å². The lowest BCUT2D eigenvalue weighted by Crippen LogP contribution is -2.46. The van der Waals surface area contributed by atoms with Crippen LogP contribution in [0.5, 0.6) is 0 Å². The summed E-state index contributed by atoms with van der Waals surface area (Å²) in [6.07, 6.45) is 0. The molecule has 1 heterocycles. The van der Waals surface area contributed by atoms with Gasteiger partial charge in [-0.05, 0) is 31.3 Å². The third-order valence-electron chi connectivity index (χ3n) is 3.62. The molecular formula is C14H23ClN4O3S. The zero-order valence-corrected chi connectivity index (χ0v) is 14.7. The van der Waals surface area contributed by atoms with Crippen LogP contribution in [-0.2, 0) is 10.0 Å². The Kier molecular flexibility index (Phi) is 7.93. The summed E-state index contributed by atoms with van der Waals surface area (Å²) < 4.78 is 25.5. The standard InChI is InChI=1S/C14H22N4O3S.ClH/c1-15-22(20,21)13-4-2-12(3-5-13)14(19)17-8-11-18-9-6-16-7-10-18;/h2-5,15-16H,6-11H2,1H3,(H,17,19);1H. The molecule has 0 saturated carbocycles. The summed E-state index contributed by atoms with van der Waals surface area (Å²) in [5, 5.41) is 6.13. The number of carbonyl (C=O) groups is 1. The highest BCUT2D eigenvalue weighted by molar-refractivity contribution is 7.89. The average Bonchev–Trinajstić information content (AvgIpc) is 2.56. The van der Waals surface area contributed by atoms with Crippen LogP contribution in [0.3, 0.4) is 0 Å². The Bertz CT molecular complexity index is 601. The van der Waals surface area contributed by atoms with Gasteiger partial charge in [-0.1, -0.05) is 0 Å². The number of hydrogen-bond acceptors (Lipinski definition) is 5. The number of carbonyl (C=O) groups excluding carboxylic acids is 1. The minimum absolute atomic E-state index is 0. The van der Waals surface area contributed by atoms with E-state index in [9.17, 15) is 13.2 Å². The number of sulfonamides is 1. The van der Waals surface area contributed by atoms with Gasteiger partial charge in [-0.15, -0.1) is 12.4 Å². The van der Waals surface area contributed by atoms with Gasteiger partial charge in [0.05, 0.1) is 4.90 Å². The maximum absolute atomic E-state index is 12.0. The van der Waals surface area contributed by atoms with Crippen molar-refractivity contribution in [1.29, 1.82) is 0 Å². The van der Waals surface area contributed by atoms with Gasteiger partial charge < -0.3 is 10.6 Å². The van der Waals surface area contributed by atoms with Crippen molar-refractivity contribution in [3.8, 4) is 0 Å². The second-order valence-electron chi connectivity index (χ2n) is 5.08. The van der Waals surface area contributed by atoms with Crippen molar-refractivity contribution in [2.24, 2.45) is 0 Å². The Morgan fingerprint density at radius 1 is 1.22 bits per heavy atom. The number of piperazine rings is 1. The van der Waals surface area contributed by atoms with Gasteiger partial charge in [0.1, 0.15) is 0 Å². The van der Waals surface area contributed by atoms with Gasteiger partial charge >= 0.3 is 0 Å². The summed E-state index contributed by atoms with van der Waals surface area (Å²) in [5.74, 6) is -0.191. The highest BCUT2D eigenvalue weighted by Gasteiger charge is 2.13. The highest BCUT2D eigenvalue weighted by atomic mass is 35.5. The van der Waals surface area contributed by atoms with Crippen LogP contribution in [0.1, 0.15) is 10.4 Å². The third-order valence-corrected chi connectivity index (χ3v) is 5.05. The molecule has 0 spiro atoms. The molecule has 0 aromatic heterocycles. The van der Waals surface area contributed by atoms with E-state index in [4.69, 9.17) is 0 Å². The van der Waals surface area contributed by atoms with Crippen molar-refractivity contribution < 1.29 is 13.2 Å². The Hall–Kier alpha value is -1.19. The number of nitrogens with zero attached hydrogens (tertiary/aromatic N) is 1. The second kappa shape index (κ2) is 9.19. The minimum Gasteiger partial charge on any atom is -0.351 e. The Balaban J connectivity index is 0.00000264. The Morgan fingerprint density at radius 2 is 1.83 bits per heavy atom. The zero-order chi connectivity index (χ0) is 16.0. The lowest BCUT2D eigenvalue weighted by molar-refractivity contribution is 0.0947. The van der Waals surface area contributed by atoms with Crippen LogP contribution in [0.25, 0.3) is 0 Å². The van der Waals surface area contributed by atoms with Gasteiger partial charge in [-0.25, -0.2) is 13.1 Å². The fraction of sp³-hybridized carbons (Fsp3) is 0.500. The fourth-order valence-corrected chi connectivity index (χ4v) is 3.00. The topological polar surface area (TPSA) is 90.5 Å². The van der Waals surface area contributed by atoms with Gasteiger partial charge in [0.2, 0.25) is 10.0 Å². The molecule has 1 amide bonds. The highest BCUT2D eigenvalue weighted by Crippen LogP contribution is 2.10. The van der Waals surface area contributed by atoms with Crippen LogP contribution in [0.4, 0.5) is 0 Å². The third kappa shape index (κ3) is 5.74. The molecule has 1 aromatic rings. The van der Waals surface area contributed by atoms with E-state index in [0.29, 0.717) is 12.1 Å². The van der Waals surface area contributed by atoms with Crippen molar-refractivity contribution in [1.82, 2.24) is 20.3 Å². The summed E-state index contributed by atoms with van der Waals surface area (Å²) in [6.45, 7) is 5.35. The van der Waals surface area contributed by atoms with E-state index in [1.165, 1.54) is 31.3 Å². The van der Waals surface area contributed by atoms with Crippen molar-refractivity contribution >= 4 is 28.3 Å². The minimum atomic E-state index is -3.47. The predicted octanol–water partition coefficient (Wildman–Crippen LogP) is -0.348. The fourth-order valence-electron chi connectivity index (χ4n) is 2.27. The smallest absolute Gasteiger partial charge is 0.251 e. The zero-order valence-electron chi connectivity index (χ0n) is 13.0. The molecule has 130 valence electrons. The van der Waals surface area contributed by atoms with Crippen LogP contribution >= 0.6 is 12.4 Å². The predicted molar refractivity (Wildman–Crippen MR) is 91.6 cm³/mol. The van der Waals surface area contributed by atoms with E-state index in [1.807, 2.05) is 0 Å². The number of halogens is 1. The van der Waals surface area contributed by atoms with Crippen LogP contribution in [0.2, 0.25) is 0 Å². The van der Waals surface area contributed by atoms with E-state index in [2.05, 4.69) is 20.3 Å². The first-order valence-electron chi connectivity index (χ1n) is 7.28. The molecule has 2 rings (SSSR count). The molecule has 9 heteroatoms. The summed E-state index contributed by atoms with van der Waals surface area (Å²) in [5.41, 5.74) is 0.454. The van der Waals surface area contributed by atoms with E-state index < -0.39 is 10.0 Å². The maximum atomic E-state index is 12.0. The van der Waals surface area contributed by atoms with Gasteiger partial charge in [-0.2, -0.15) is 0 Å². The summed E-state index contributed by atoms with van der Waals surface area (Å²) in [7, 11) is -2.11. The molecule has 1 fully saturated rings. The molecule has 1 saturated heterocycles. The van der Waals surface area contributed by atoms with Crippen molar-refractivity contribution in [2.75, 3.05) is 46.3 Å². The summed E-state index contributed by atoms with van der Waals surface area (Å²) in [6, 6.07) is 5.89. The monoisotopic (exact) mass is 362 g/mol. The van der Waals surface area contributed by atoms with E-state index >= 15 is 0 Å². The normalized spacial score (nSPS) is 15.7. The van der Waals surface area contributed by atoms with Gasteiger partial charge in [0.15, 0.2) is 0 Å². The quantitative estimate of drug-likeness (QED) is 0.643. The maximum Gasteiger partial charge on any atom is 0.251 e.